The van der Waals surface area contributed by atoms with Gasteiger partial charge in [0.2, 0.25) is 5.91 Å². The lowest BCUT2D eigenvalue weighted by Crippen LogP contribution is -2.61. The zero-order valence-electron chi connectivity index (χ0n) is 14.8. The van der Waals surface area contributed by atoms with Crippen molar-refractivity contribution < 1.29 is 48.0 Å². The minimum Gasteiger partial charge on any atom is -0.347 e. The molecular formula is C14H19F6NO5S2. The number of amides is 1. The number of hydrogen-bond donors (Lipinski definition) is 1. The van der Waals surface area contributed by atoms with E-state index in [1.54, 1.807) is 0 Å². The maximum atomic E-state index is 13.1. The van der Waals surface area contributed by atoms with Gasteiger partial charge in [0, 0.05) is 17.0 Å². The first-order valence-electron chi connectivity index (χ1n) is 7.87. The summed E-state index contributed by atoms with van der Waals surface area (Å²) in [5.74, 6) is -3.12. The molecular weight excluding hydrogens is 440 g/mol. The van der Waals surface area contributed by atoms with E-state index >= 15 is 0 Å². The summed E-state index contributed by atoms with van der Waals surface area (Å²) in [6.45, 7) is 5.53. The molecule has 2 atom stereocenters. The Labute approximate surface area is 158 Å². The zero-order chi connectivity index (χ0) is 22.3. The molecule has 14 heteroatoms. The molecule has 6 nitrogen and oxygen atoms in total. The van der Waals surface area contributed by atoms with Crippen molar-refractivity contribution in [2.24, 2.45) is 5.92 Å². The normalized spacial score (nSPS) is 24.8. The van der Waals surface area contributed by atoms with Crippen LogP contribution in [0, 0.1) is 5.92 Å². The highest BCUT2D eigenvalue weighted by molar-refractivity contribution is 8.09. The predicted molar refractivity (Wildman–Crippen MR) is 87.1 cm³/mol. The van der Waals surface area contributed by atoms with Gasteiger partial charge in [-0.1, -0.05) is 19.4 Å². The third-order valence-electron chi connectivity index (χ3n) is 4.65. The molecule has 1 rings (SSSR count). The summed E-state index contributed by atoms with van der Waals surface area (Å²) in [7, 11) is -13.6. The van der Waals surface area contributed by atoms with Crippen LogP contribution < -0.4 is 5.32 Å². The number of halogens is 6. The van der Waals surface area contributed by atoms with Crippen molar-refractivity contribution >= 4 is 25.6 Å². The van der Waals surface area contributed by atoms with Crippen molar-refractivity contribution in [3.8, 4) is 0 Å². The highest BCUT2D eigenvalue weighted by Crippen LogP contribution is 2.46. The quantitative estimate of drug-likeness (QED) is 0.504. The molecule has 0 aromatic carbocycles. The van der Waals surface area contributed by atoms with Crippen LogP contribution in [0.4, 0.5) is 26.3 Å². The number of carbonyl (C=O) groups excluding carboxylic acids is 1. The van der Waals surface area contributed by atoms with Crippen molar-refractivity contribution in [2.75, 3.05) is 0 Å². The molecule has 0 aromatic rings. The van der Waals surface area contributed by atoms with Crippen molar-refractivity contribution in [3.63, 3.8) is 0 Å². The van der Waals surface area contributed by atoms with Gasteiger partial charge < -0.3 is 5.32 Å². The molecule has 0 aliphatic heterocycles. The van der Waals surface area contributed by atoms with Crippen LogP contribution in [0.2, 0.25) is 0 Å². The van der Waals surface area contributed by atoms with E-state index in [2.05, 4.69) is 11.9 Å². The van der Waals surface area contributed by atoms with E-state index in [1.807, 2.05) is 0 Å². The summed E-state index contributed by atoms with van der Waals surface area (Å²) >= 11 is 0. The fraction of sp³-hybridized carbons (Fsp3) is 0.786. The SMILES string of the molecule is C=C(C)C(=O)NC1(C)CCCCC1C(S(=O)(=O)C(F)(F)F)S(=O)(=O)C(F)(F)F. The first kappa shape index (κ1) is 24.7. The third kappa shape index (κ3) is 4.47. The lowest BCUT2D eigenvalue weighted by molar-refractivity contribution is -0.120. The Morgan fingerprint density at radius 1 is 1.04 bits per heavy atom. The Bertz CT molecular complexity index is 802. The minimum absolute atomic E-state index is 0.0134. The fourth-order valence-corrected chi connectivity index (χ4v) is 7.43. The van der Waals surface area contributed by atoms with Crippen molar-refractivity contribution in [2.45, 2.75) is 60.7 Å². The monoisotopic (exact) mass is 459 g/mol. The van der Waals surface area contributed by atoms with E-state index in [0.29, 0.717) is 0 Å². The number of rotatable bonds is 5. The lowest BCUT2D eigenvalue weighted by Gasteiger charge is -2.45. The highest BCUT2D eigenvalue weighted by Gasteiger charge is 2.67. The van der Waals surface area contributed by atoms with Gasteiger partial charge in [-0.3, -0.25) is 4.79 Å². The molecule has 0 spiro atoms. The topological polar surface area (TPSA) is 97.4 Å². The number of alkyl halides is 6. The minimum atomic E-state index is -6.79. The molecule has 1 fully saturated rings. The van der Waals surface area contributed by atoms with Crippen molar-refractivity contribution in [1.82, 2.24) is 5.32 Å². The van der Waals surface area contributed by atoms with E-state index in [-0.39, 0.29) is 24.8 Å². The summed E-state index contributed by atoms with van der Waals surface area (Å²) < 4.78 is 122. The molecule has 0 radical (unpaired) electrons. The first-order valence-corrected chi connectivity index (χ1v) is 11.0. The molecule has 0 saturated heterocycles. The smallest absolute Gasteiger partial charge is 0.347 e. The second kappa shape index (κ2) is 7.50. The maximum absolute atomic E-state index is 13.1. The van der Waals surface area contributed by atoms with E-state index in [9.17, 15) is 48.0 Å². The van der Waals surface area contributed by atoms with Gasteiger partial charge in [-0.25, -0.2) is 16.8 Å². The van der Waals surface area contributed by atoms with E-state index in [0.717, 1.165) is 6.92 Å². The molecule has 1 N–H and O–H groups in total. The Hall–Kier alpha value is -1.31. The van der Waals surface area contributed by atoms with Gasteiger partial charge >= 0.3 is 11.0 Å². The van der Waals surface area contributed by atoms with Gasteiger partial charge in [-0.15, -0.1) is 0 Å². The predicted octanol–water partition coefficient (Wildman–Crippen LogP) is 2.82. The standard InChI is InChI=1S/C14H19F6NO5S2/c1-8(2)10(22)21-12(3)7-5-4-6-9(12)11(27(23,24)13(15,16)17)28(25,26)14(18,19)20/h9,11H,1,4-7H2,2-3H3,(H,21,22). The molecule has 1 amide bonds. The largest absolute Gasteiger partial charge is 0.498 e. The molecule has 1 saturated carbocycles. The van der Waals surface area contributed by atoms with Crippen LogP contribution in [0.1, 0.15) is 39.5 Å². The number of nitrogens with one attached hydrogen (secondary N) is 1. The molecule has 0 heterocycles. The van der Waals surface area contributed by atoms with Crippen LogP contribution in [0.15, 0.2) is 12.2 Å². The Morgan fingerprint density at radius 2 is 1.46 bits per heavy atom. The summed E-state index contributed by atoms with van der Waals surface area (Å²) in [6.07, 6.45) is -0.578. The number of sulfone groups is 2. The van der Waals surface area contributed by atoms with Crippen molar-refractivity contribution in [1.29, 1.82) is 0 Å². The maximum Gasteiger partial charge on any atom is 0.498 e. The van der Waals surface area contributed by atoms with Gasteiger partial charge in [0.25, 0.3) is 19.7 Å². The summed E-state index contributed by atoms with van der Waals surface area (Å²) in [5, 5.41) is 2.17. The van der Waals surface area contributed by atoms with Gasteiger partial charge in [0.15, 0.2) is 4.58 Å². The van der Waals surface area contributed by atoms with Gasteiger partial charge in [0.1, 0.15) is 0 Å². The van der Waals surface area contributed by atoms with Gasteiger partial charge in [-0.05, 0) is 26.7 Å². The summed E-state index contributed by atoms with van der Waals surface area (Å²) in [6, 6.07) is 0. The highest BCUT2D eigenvalue weighted by atomic mass is 32.3. The Balaban J connectivity index is 3.72. The zero-order valence-corrected chi connectivity index (χ0v) is 16.4. The van der Waals surface area contributed by atoms with Gasteiger partial charge in [-0.2, -0.15) is 26.3 Å². The molecule has 0 bridgehead atoms. The van der Waals surface area contributed by atoms with Gasteiger partial charge in [0.05, 0.1) is 0 Å². The lowest BCUT2D eigenvalue weighted by atomic mass is 9.74. The molecule has 164 valence electrons. The van der Waals surface area contributed by atoms with Crippen LogP contribution >= 0.6 is 0 Å². The molecule has 1 aliphatic carbocycles. The van der Waals surface area contributed by atoms with E-state index in [4.69, 9.17) is 0 Å². The molecule has 28 heavy (non-hydrogen) atoms. The second-order valence-electron chi connectivity index (χ2n) is 6.85. The molecule has 1 aliphatic rings. The number of carbonyl (C=O) groups is 1. The Morgan fingerprint density at radius 3 is 1.82 bits per heavy atom. The van der Waals surface area contributed by atoms with E-state index < -0.39 is 59.1 Å². The molecule has 0 aromatic heterocycles. The number of hydrogen-bond acceptors (Lipinski definition) is 5. The van der Waals surface area contributed by atoms with Crippen LogP contribution in [-0.2, 0) is 24.5 Å². The van der Waals surface area contributed by atoms with Crippen molar-refractivity contribution in [3.05, 3.63) is 12.2 Å². The molecule has 2 unspecified atom stereocenters. The average molecular weight is 459 g/mol. The van der Waals surface area contributed by atoms with Crippen LogP contribution in [0.5, 0.6) is 0 Å². The fourth-order valence-electron chi connectivity index (χ4n) is 3.18. The van der Waals surface area contributed by atoms with Crippen LogP contribution in [0.3, 0.4) is 0 Å². The average Bonchev–Trinajstić information content (AvgIpc) is 2.46. The summed E-state index contributed by atoms with van der Waals surface area (Å²) in [5.41, 5.74) is -14.6. The summed E-state index contributed by atoms with van der Waals surface area (Å²) in [4.78, 5) is 11.9. The van der Waals surface area contributed by atoms with E-state index in [1.165, 1.54) is 6.92 Å². The second-order valence-corrected chi connectivity index (χ2v) is 11.3. The Kier molecular flexibility index (Phi) is 6.62. The third-order valence-corrected chi connectivity index (χ3v) is 9.34. The van der Waals surface area contributed by atoms with Crippen LogP contribution in [-0.4, -0.2) is 43.9 Å². The first-order chi connectivity index (χ1) is 12.3. The van der Waals surface area contributed by atoms with Crippen LogP contribution in [0.25, 0.3) is 0 Å².